The highest BCUT2D eigenvalue weighted by atomic mass is 16.6. The number of anilines is 1. The van der Waals surface area contributed by atoms with Gasteiger partial charge >= 0.3 is 5.65 Å². The van der Waals surface area contributed by atoms with Gasteiger partial charge in [0.05, 0.1) is 20.7 Å². The van der Waals surface area contributed by atoms with E-state index in [1.165, 1.54) is 37.7 Å². The summed E-state index contributed by atoms with van der Waals surface area (Å²) in [5, 5.41) is 0. The first-order chi connectivity index (χ1) is 15.7. The van der Waals surface area contributed by atoms with Crippen molar-refractivity contribution in [1.82, 2.24) is 14.5 Å². The predicted molar refractivity (Wildman–Crippen MR) is 133 cm³/mol. The van der Waals surface area contributed by atoms with Crippen molar-refractivity contribution in [3.8, 4) is 0 Å². The van der Waals surface area contributed by atoms with E-state index < -0.39 is 0 Å². The smallest absolute Gasteiger partial charge is 0.278 e. The monoisotopic (exact) mass is 452 g/mol. The molecule has 2 aromatic rings. The molecule has 0 bridgehead atoms. The number of allylic oxidation sites excluding steroid dienone is 4. The fraction of sp³-hybridized carbons (Fsp3) is 0.667. The molecule has 0 aliphatic heterocycles. The molecular formula is C27H42N5O+. The van der Waals surface area contributed by atoms with Gasteiger partial charge in [-0.05, 0) is 68.1 Å². The molecule has 3 atom stereocenters. The van der Waals surface area contributed by atoms with E-state index in [9.17, 15) is 0 Å². The Morgan fingerprint density at radius 3 is 2.85 bits per heavy atom. The van der Waals surface area contributed by atoms with Crippen LogP contribution >= 0.6 is 0 Å². The van der Waals surface area contributed by atoms with Crippen LogP contribution in [-0.4, -0.2) is 21.6 Å². The maximum absolute atomic E-state index is 5.13. The minimum Gasteiger partial charge on any atom is -0.278 e. The van der Waals surface area contributed by atoms with E-state index >= 15 is 0 Å². The molecule has 2 aromatic heterocycles. The molecule has 1 N–H and O–H groups in total. The fourth-order valence-corrected chi connectivity index (χ4v) is 6.26. The molecule has 2 aliphatic carbocycles. The standard InChI is InChI=1S/C27H42N5O/c1-19(13-16-32-18-31(6)25-23(32)24(30-33-7)28-17-29-25)12-15-27(5)20(2)10-11-21-22(27)9-8-14-26(21,3)4/h9,13,17-18,20-21H,8,10-12,14-16H2,1-7H3,(H,28,29,30)/q+1/b19-13+/t20-,21+,27+/m1/s1. The van der Waals surface area contributed by atoms with E-state index in [0.29, 0.717) is 16.6 Å². The van der Waals surface area contributed by atoms with Crippen molar-refractivity contribution in [2.45, 2.75) is 79.7 Å². The van der Waals surface area contributed by atoms with Crippen LogP contribution < -0.4 is 10.0 Å². The number of rotatable bonds is 7. The first-order valence-electron chi connectivity index (χ1n) is 12.5. The molecule has 1 fully saturated rings. The summed E-state index contributed by atoms with van der Waals surface area (Å²) in [6, 6.07) is 0. The highest BCUT2D eigenvalue weighted by molar-refractivity contribution is 5.80. The lowest BCUT2D eigenvalue weighted by molar-refractivity contribution is -0.647. The second kappa shape index (κ2) is 9.21. The van der Waals surface area contributed by atoms with Crippen LogP contribution in [-0.2, 0) is 18.4 Å². The molecule has 2 aliphatic rings. The number of hydrogen-bond acceptors (Lipinski definition) is 4. The first kappa shape index (κ1) is 23.9. The topological polar surface area (TPSA) is 55.9 Å². The van der Waals surface area contributed by atoms with Crippen molar-refractivity contribution >= 4 is 17.0 Å². The molecule has 0 saturated heterocycles. The van der Waals surface area contributed by atoms with Gasteiger partial charge in [0.25, 0.3) is 0 Å². The maximum Gasteiger partial charge on any atom is 0.307 e. The van der Waals surface area contributed by atoms with Crippen molar-refractivity contribution in [2.24, 2.45) is 29.7 Å². The third-order valence-corrected chi connectivity index (χ3v) is 8.72. The van der Waals surface area contributed by atoms with Crippen LogP contribution in [0.3, 0.4) is 0 Å². The largest absolute Gasteiger partial charge is 0.307 e. The van der Waals surface area contributed by atoms with Crippen molar-refractivity contribution in [3.63, 3.8) is 0 Å². The van der Waals surface area contributed by atoms with Crippen LogP contribution in [0.15, 0.2) is 36.0 Å². The molecule has 6 heteroatoms. The zero-order chi connectivity index (χ0) is 23.8. The number of nitrogens with one attached hydrogen (secondary N) is 1. The Bertz CT molecular complexity index is 1070. The summed E-state index contributed by atoms with van der Waals surface area (Å²) in [5.41, 5.74) is 8.70. The number of aryl methyl sites for hydroxylation is 1. The third-order valence-electron chi connectivity index (χ3n) is 8.72. The van der Waals surface area contributed by atoms with Gasteiger partial charge < -0.3 is 0 Å². The number of nitrogens with zero attached hydrogens (tertiary/aromatic N) is 4. The first-order valence-corrected chi connectivity index (χ1v) is 12.5. The molecule has 33 heavy (non-hydrogen) atoms. The Balaban J connectivity index is 1.51. The molecule has 180 valence electrons. The van der Waals surface area contributed by atoms with Crippen LogP contribution in [0.4, 0.5) is 5.82 Å². The van der Waals surface area contributed by atoms with E-state index in [1.54, 1.807) is 19.0 Å². The Labute approximate surface area is 199 Å². The Morgan fingerprint density at radius 2 is 2.09 bits per heavy atom. The van der Waals surface area contributed by atoms with Gasteiger partial charge in [0.2, 0.25) is 5.52 Å². The number of aromatic nitrogens is 4. The van der Waals surface area contributed by atoms with Gasteiger partial charge in [-0.1, -0.05) is 56.0 Å². The molecule has 4 rings (SSSR count). The van der Waals surface area contributed by atoms with Crippen molar-refractivity contribution in [2.75, 3.05) is 12.6 Å². The normalized spacial score (nSPS) is 27.4. The summed E-state index contributed by atoms with van der Waals surface area (Å²) in [6.07, 6.45) is 16.3. The van der Waals surface area contributed by atoms with E-state index in [2.05, 4.69) is 73.1 Å². The summed E-state index contributed by atoms with van der Waals surface area (Å²) in [5.74, 6) is 2.19. The number of fused-ring (bicyclic) bond motifs is 2. The average molecular weight is 453 g/mol. The lowest BCUT2D eigenvalue weighted by atomic mass is 9.52. The lowest BCUT2D eigenvalue weighted by Gasteiger charge is -2.53. The predicted octanol–water partition coefficient (Wildman–Crippen LogP) is 5.75. The average Bonchev–Trinajstić information content (AvgIpc) is 3.10. The second-order valence-electron chi connectivity index (χ2n) is 11.3. The summed E-state index contributed by atoms with van der Waals surface area (Å²) in [6.45, 7) is 13.1. The van der Waals surface area contributed by atoms with Gasteiger partial charge in [-0.3, -0.25) is 9.40 Å². The lowest BCUT2D eigenvalue weighted by Crippen LogP contribution is -2.43. The van der Waals surface area contributed by atoms with Crippen LogP contribution in [0, 0.1) is 22.7 Å². The summed E-state index contributed by atoms with van der Waals surface area (Å²) >= 11 is 0. The minimum absolute atomic E-state index is 0.311. The zero-order valence-electron chi connectivity index (χ0n) is 21.6. The van der Waals surface area contributed by atoms with Gasteiger partial charge in [0.1, 0.15) is 0 Å². The van der Waals surface area contributed by atoms with Gasteiger partial charge in [-0.25, -0.2) is 10.0 Å². The highest BCUT2D eigenvalue weighted by Crippen LogP contribution is 2.58. The van der Waals surface area contributed by atoms with Gasteiger partial charge in [-0.15, -0.1) is 0 Å². The van der Waals surface area contributed by atoms with E-state index in [-0.39, 0.29) is 0 Å². The summed E-state index contributed by atoms with van der Waals surface area (Å²) in [7, 11) is 3.62. The van der Waals surface area contributed by atoms with Crippen LogP contribution in [0.5, 0.6) is 0 Å². The molecule has 1 saturated carbocycles. The molecule has 0 amide bonds. The van der Waals surface area contributed by atoms with Crippen molar-refractivity contribution < 1.29 is 9.40 Å². The molecular weight excluding hydrogens is 410 g/mol. The molecule has 0 spiro atoms. The van der Waals surface area contributed by atoms with Gasteiger partial charge in [-0.2, -0.15) is 4.98 Å². The van der Waals surface area contributed by atoms with Crippen LogP contribution in [0.1, 0.15) is 73.1 Å². The highest BCUT2D eigenvalue weighted by Gasteiger charge is 2.47. The SMILES string of the molecule is CONc1ncnc2c1n(C/C=C(\C)CC[C@]1(C)C3=CCCC(C)(C)[C@H]3CC[C@H]1C)c[n+]2C. The quantitative estimate of drug-likeness (QED) is 0.330. The molecule has 0 aromatic carbocycles. The summed E-state index contributed by atoms with van der Waals surface area (Å²) < 4.78 is 4.22. The Kier molecular flexibility index (Phi) is 6.68. The molecule has 6 nitrogen and oxygen atoms in total. The minimum atomic E-state index is 0.311. The Hall–Kier alpha value is -2.21. The van der Waals surface area contributed by atoms with E-state index in [1.807, 2.05) is 11.6 Å². The molecule has 0 radical (unpaired) electrons. The van der Waals surface area contributed by atoms with Gasteiger partial charge in [0.15, 0.2) is 18.5 Å². The van der Waals surface area contributed by atoms with Crippen LogP contribution in [0.25, 0.3) is 11.2 Å². The van der Waals surface area contributed by atoms with Crippen molar-refractivity contribution in [1.29, 1.82) is 0 Å². The fourth-order valence-electron chi connectivity index (χ4n) is 6.26. The Morgan fingerprint density at radius 1 is 1.30 bits per heavy atom. The van der Waals surface area contributed by atoms with Crippen LogP contribution in [0.2, 0.25) is 0 Å². The second-order valence-corrected chi connectivity index (χ2v) is 11.3. The van der Waals surface area contributed by atoms with Crippen molar-refractivity contribution in [3.05, 3.63) is 36.0 Å². The van der Waals surface area contributed by atoms with Gasteiger partial charge in [0, 0.05) is 0 Å². The zero-order valence-corrected chi connectivity index (χ0v) is 21.6. The van der Waals surface area contributed by atoms with E-state index in [0.717, 1.165) is 36.0 Å². The maximum atomic E-state index is 5.13. The van der Waals surface area contributed by atoms with E-state index in [4.69, 9.17) is 4.84 Å². The molecule has 2 heterocycles. The third kappa shape index (κ3) is 4.46. The number of imidazole rings is 1. The molecule has 0 unspecified atom stereocenters. The summed E-state index contributed by atoms with van der Waals surface area (Å²) in [4.78, 5) is 13.9. The number of hydrogen-bond donors (Lipinski definition) is 1.